The van der Waals surface area contributed by atoms with Crippen LogP contribution in [0.25, 0.3) is 5.69 Å². The first-order chi connectivity index (χ1) is 8.11. The average Bonchev–Trinajstić information content (AvgIpc) is 2.74. The lowest BCUT2D eigenvalue weighted by Crippen LogP contribution is -2.02. The zero-order valence-corrected chi connectivity index (χ0v) is 9.51. The first-order valence-corrected chi connectivity index (χ1v) is 5.07. The number of anilines is 1. The van der Waals surface area contributed by atoms with E-state index in [-0.39, 0.29) is 11.5 Å². The Bertz CT molecular complexity index is 545. The smallest absolute Gasteiger partial charge is 0.360 e. The highest BCUT2D eigenvalue weighted by Gasteiger charge is 2.17. The molecule has 1 heterocycles. The number of carbonyl (C=O) groups is 1. The molecule has 0 amide bonds. The number of aromatic nitrogens is 3. The van der Waals surface area contributed by atoms with Crippen molar-refractivity contribution in [2.24, 2.45) is 0 Å². The first kappa shape index (κ1) is 11.1. The summed E-state index contributed by atoms with van der Waals surface area (Å²) in [6, 6.07) is 7.50. The number of nitrogens with zero attached hydrogens (tertiary/aromatic N) is 3. The summed E-state index contributed by atoms with van der Waals surface area (Å²) < 4.78 is 0. The Morgan fingerprint density at radius 2 is 1.94 bits per heavy atom. The van der Waals surface area contributed by atoms with E-state index in [1.807, 2.05) is 31.2 Å². The molecule has 17 heavy (non-hydrogen) atoms. The molecule has 0 unspecified atom stereocenters. The number of aryl methyl sites for hydroxylation is 1. The van der Waals surface area contributed by atoms with Crippen molar-refractivity contribution in [3.8, 4) is 5.69 Å². The highest BCUT2D eigenvalue weighted by atomic mass is 16.4. The lowest BCUT2D eigenvalue weighted by Gasteiger charge is -1.98. The third kappa shape index (κ3) is 2.10. The van der Waals surface area contributed by atoms with Gasteiger partial charge in [0.05, 0.1) is 5.69 Å². The maximum Gasteiger partial charge on any atom is 0.360 e. The third-order valence-corrected chi connectivity index (χ3v) is 2.32. The van der Waals surface area contributed by atoms with Gasteiger partial charge in [-0.3, -0.25) is 0 Å². The number of nitrogens with one attached hydrogen (secondary N) is 1. The fourth-order valence-electron chi connectivity index (χ4n) is 1.41. The van der Waals surface area contributed by atoms with Gasteiger partial charge in [0, 0.05) is 7.05 Å². The summed E-state index contributed by atoms with van der Waals surface area (Å²) in [5, 5.41) is 19.6. The van der Waals surface area contributed by atoms with E-state index < -0.39 is 5.97 Å². The van der Waals surface area contributed by atoms with Crippen LogP contribution in [0.15, 0.2) is 24.3 Å². The van der Waals surface area contributed by atoms with Crippen LogP contribution >= 0.6 is 0 Å². The van der Waals surface area contributed by atoms with E-state index in [0.29, 0.717) is 0 Å². The summed E-state index contributed by atoms with van der Waals surface area (Å²) in [5.74, 6) is -0.856. The molecule has 0 aliphatic rings. The van der Waals surface area contributed by atoms with Crippen molar-refractivity contribution < 1.29 is 9.90 Å². The SMILES string of the molecule is CNc1nn(-c2ccc(C)cc2)nc1C(=O)O. The standard InChI is InChI=1S/C11H12N4O2/c1-7-3-5-8(6-4-7)15-13-9(11(16)17)10(12-2)14-15/h3-6H,1-2H3,(H,12,14)(H,16,17). The molecule has 0 fully saturated rings. The molecule has 0 bridgehead atoms. The van der Waals surface area contributed by atoms with Crippen LogP contribution in [-0.2, 0) is 0 Å². The van der Waals surface area contributed by atoms with Gasteiger partial charge in [0.25, 0.3) is 0 Å². The van der Waals surface area contributed by atoms with E-state index >= 15 is 0 Å². The number of hydrogen-bond donors (Lipinski definition) is 2. The van der Waals surface area contributed by atoms with Crippen LogP contribution < -0.4 is 5.32 Å². The highest BCUT2D eigenvalue weighted by Crippen LogP contribution is 2.13. The van der Waals surface area contributed by atoms with Crippen molar-refractivity contribution in [3.05, 3.63) is 35.5 Å². The fraction of sp³-hybridized carbons (Fsp3) is 0.182. The lowest BCUT2D eigenvalue weighted by atomic mass is 10.2. The molecular formula is C11H12N4O2. The van der Waals surface area contributed by atoms with Crippen LogP contribution in [0.2, 0.25) is 0 Å². The van der Waals surface area contributed by atoms with E-state index in [2.05, 4.69) is 15.5 Å². The summed E-state index contributed by atoms with van der Waals surface area (Å²) in [6.07, 6.45) is 0. The number of hydrogen-bond acceptors (Lipinski definition) is 4. The Morgan fingerprint density at radius 1 is 1.29 bits per heavy atom. The molecule has 0 spiro atoms. The van der Waals surface area contributed by atoms with Gasteiger partial charge >= 0.3 is 5.97 Å². The van der Waals surface area contributed by atoms with Crippen LogP contribution in [0.3, 0.4) is 0 Å². The van der Waals surface area contributed by atoms with Crippen LogP contribution in [0.4, 0.5) is 5.82 Å². The van der Waals surface area contributed by atoms with Gasteiger partial charge in [0.2, 0.25) is 5.69 Å². The van der Waals surface area contributed by atoms with Crippen LogP contribution in [0.5, 0.6) is 0 Å². The molecule has 0 radical (unpaired) electrons. The molecule has 0 aliphatic heterocycles. The molecule has 0 atom stereocenters. The van der Waals surface area contributed by atoms with Gasteiger partial charge < -0.3 is 10.4 Å². The highest BCUT2D eigenvalue weighted by molar-refractivity contribution is 5.90. The number of benzene rings is 1. The molecular weight excluding hydrogens is 220 g/mol. The van der Waals surface area contributed by atoms with E-state index in [4.69, 9.17) is 5.11 Å². The lowest BCUT2D eigenvalue weighted by molar-refractivity contribution is 0.0691. The molecule has 0 saturated heterocycles. The third-order valence-electron chi connectivity index (χ3n) is 2.32. The summed E-state index contributed by atoms with van der Waals surface area (Å²) in [6.45, 7) is 1.97. The minimum absolute atomic E-state index is 0.0897. The Kier molecular flexibility index (Phi) is 2.78. The summed E-state index contributed by atoms with van der Waals surface area (Å²) in [7, 11) is 1.61. The van der Waals surface area contributed by atoms with Gasteiger partial charge in [-0.15, -0.1) is 15.0 Å². The molecule has 2 N–H and O–H groups in total. The normalized spacial score (nSPS) is 10.2. The Labute approximate surface area is 97.9 Å². The largest absolute Gasteiger partial charge is 0.476 e. The number of aromatic carboxylic acids is 1. The first-order valence-electron chi connectivity index (χ1n) is 5.07. The van der Waals surface area contributed by atoms with Crippen molar-refractivity contribution in [1.29, 1.82) is 0 Å². The second-order valence-corrected chi connectivity index (χ2v) is 3.58. The van der Waals surface area contributed by atoms with Crippen LogP contribution in [0, 0.1) is 6.92 Å². The van der Waals surface area contributed by atoms with Crippen molar-refractivity contribution in [2.75, 3.05) is 12.4 Å². The summed E-state index contributed by atoms with van der Waals surface area (Å²) in [4.78, 5) is 12.2. The maximum absolute atomic E-state index is 10.9. The molecule has 0 aliphatic carbocycles. The minimum atomic E-state index is -1.10. The molecule has 2 rings (SSSR count). The van der Waals surface area contributed by atoms with Gasteiger partial charge in [-0.1, -0.05) is 17.7 Å². The molecule has 2 aromatic rings. The number of carboxylic acid groups (broad SMARTS) is 1. The predicted octanol–water partition coefficient (Wildman–Crippen LogP) is 1.32. The Morgan fingerprint density at radius 3 is 2.41 bits per heavy atom. The van der Waals surface area contributed by atoms with Gasteiger partial charge in [0.15, 0.2) is 5.82 Å². The Hall–Kier alpha value is -2.37. The maximum atomic E-state index is 10.9. The van der Waals surface area contributed by atoms with Gasteiger partial charge in [-0.2, -0.15) is 0 Å². The second kappa shape index (κ2) is 4.25. The van der Waals surface area contributed by atoms with Crippen LogP contribution in [-0.4, -0.2) is 33.1 Å². The van der Waals surface area contributed by atoms with Crippen molar-refractivity contribution in [2.45, 2.75) is 6.92 Å². The van der Waals surface area contributed by atoms with Crippen molar-refractivity contribution in [3.63, 3.8) is 0 Å². The van der Waals surface area contributed by atoms with Crippen molar-refractivity contribution >= 4 is 11.8 Å². The zero-order valence-electron chi connectivity index (χ0n) is 9.51. The van der Waals surface area contributed by atoms with E-state index in [9.17, 15) is 4.79 Å². The Balaban J connectivity index is 2.46. The topological polar surface area (TPSA) is 80.0 Å². The molecule has 1 aromatic carbocycles. The fourth-order valence-corrected chi connectivity index (χ4v) is 1.41. The van der Waals surface area contributed by atoms with Crippen LogP contribution in [0.1, 0.15) is 16.1 Å². The van der Waals surface area contributed by atoms with E-state index in [1.54, 1.807) is 7.05 Å². The molecule has 1 aromatic heterocycles. The summed E-state index contributed by atoms with van der Waals surface area (Å²) in [5.41, 5.74) is 1.75. The van der Waals surface area contributed by atoms with Gasteiger partial charge in [0.1, 0.15) is 0 Å². The number of carboxylic acids is 1. The second-order valence-electron chi connectivity index (χ2n) is 3.58. The molecule has 6 nitrogen and oxygen atoms in total. The van der Waals surface area contributed by atoms with E-state index in [0.717, 1.165) is 11.3 Å². The van der Waals surface area contributed by atoms with Gasteiger partial charge in [-0.25, -0.2) is 4.79 Å². The molecule has 88 valence electrons. The molecule has 6 heteroatoms. The van der Waals surface area contributed by atoms with E-state index in [1.165, 1.54) is 4.80 Å². The van der Waals surface area contributed by atoms with Gasteiger partial charge in [-0.05, 0) is 19.1 Å². The average molecular weight is 232 g/mol. The van der Waals surface area contributed by atoms with Crippen molar-refractivity contribution in [1.82, 2.24) is 15.0 Å². The summed E-state index contributed by atoms with van der Waals surface area (Å²) >= 11 is 0. The number of rotatable bonds is 3. The monoisotopic (exact) mass is 232 g/mol. The quantitative estimate of drug-likeness (QED) is 0.834. The zero-order chi connectivity index (χ0) is 12.4. The minimum Gasteiger partial charge on any atom is -0.476 e. The predicted molar refractivity (Wildman–Crippen MR) is 62.6 cm³/mol. The molecule has 0 saturated carbocycles.